The molecule has 1 aliphatic heterocycles. The fraction of sp³-hybridized carbons (Fsp3) is 0.647. The zero-order chi connectivity index (χ0) is 15.9. The Morgan fingerprint density at radius 1 is 1.27 bits per heavy atom. The van der Waals surface area contributed by atoms with Crippen molar-refractivity contribution in [3.63, 3.8) is 0 Å². The molecule has 1 aromatic rings. The fourth-order valence-corrected chi connectivity index (χ4v) is 3.51. The van der Waals surface area contributed by atoms with E-state index in [4.69, 9.17) is 9.47 Å². The molecule has 1 unspecified atom stereocenters. The van der Waals surface area contributed by atoms with Crippen LogP contribution in [0.2, 0.25) is 0 Å². The van der Waals surface area contributed by atoms with Crippen molar-refractivity contribution < 1.29 is 9.47 Å². The van der Waals surface area contributed by atoms with Crippen LogP contribution in [0.15, 0.2) is 16.6 Å². The van der Waals surface area contributed by atoms with Crippen LogP contribution in [0, 0.1) is 5.92 Å². The minimum Gasteiger partial charge on any atom is -0.493 e. The molecule has 0 aromatic heterocycles. The minimum atomic E-state index is 0.754. The zero-order valence-electron chi connectivity index (χ0n) is 13.8. The van der Waals surface area contributed by atoms with Gasteiger partial charge in [0.05, 0.1) is 14.2 Å². The topological polar surface area (TPSA) is 33.7 Å². The molecular weight excluding hydrogens is 344 g/mol. The molecule has 1 aliphatic rings. The van der Waals surface area contributed by atoms with Crippen molar-refractivity contribution in [1.82, 2.24) is 10.2 Å². The maximum atomic E-state index is 5.38. The van der Waals surface area contributed by atoms with E-state index in [2.05, 4.69) is 33.1 Å². The lowest BCUT2D eigenvalue weighted by atomic mass is 9.98. The Bertz CT molecular complexity index is 482. The summed E-state index contributed by atoms with van der Waals surface area (Å²) in [6, 6.07) is 4.00. The number of nitrogens with zero attached hydrogens (tertiary/aromatic N) is 1. The number of hydrogen-bond acceptors (Lipinski definition) is 4. The summed E-state index contributed by atoms with van der Waals surface area (Å²) >= 11 is 3.61. The van der Waals surface area contributed by atoms with Gasteiger partial charge in [-0.3, -0.25) is 0 Å². The molecule has 0 bridgehead atoms. The Labute approximate surface area is 142 Å². The molecule has 1 atom stereocenters. The monoisotopic (exact) mass is 370 g/mol. The smallest absolute Gasteiger partial charge is 0.161 e. The molecule has 22 heavy (non-hydrogen) atoms. The van der Waals surface area contributed by atoms with Crippen molar-refractivity contribution >= 4 is 15.9 Å². The van der Waals surface area contributed by atoms with E-state index in [1.54, 1.807) is 14.2 Å². The summed E-state index contributed by atoms with van der Waals surface area (Å²) in [5.74, 6) is 2.29. The van der Waals surface area contributed by atoms with Crippen LogP contribution in [0.3, 0.4) is 0 Å². The van der Waals surface area contributed by atoms with E-state index in [0.29, 0.717) is 0 Å². The summed E-state index contributed by atoms with van der Waals surface area (Å²) in [6.45, 7) is 7.79. The predicted molar refractivity (Wildman–Crippen MR) is 93.8 cm³/mol. The van der Waals surface area contributed by atoms with Crippen molar-refractivity contribution in [3.05, 3.63) is 22.2 Å². The highest BCUT2D eigenvalue weighted by atomic mass is 79.9. The molecule has 0 radical (unpaired) electrons. The number of halogens is 1. The average molecular weight is 371 g/mol. The van der Waals surface area contributed by atoms with E-state index in [1.807, 2.05) is 12.1 Å². The van der Waals surface area contributed by atoms with Gasteiger partial charge in [0.1, 0.15) is 0 Å². The standard InChI is InChI=1S/C17H27BrN2O2/c1-4-20-7-5-6-13(12-20)10-19-11-14-8-16(21-2)17(22-3)9-15(14)18/h8-9,13,19H,4-7,10-12H2,1-3H3. The number of rotatable bonds is 7. The van der Waals surface area contributed by atoms with Gasteiger partial charge in [0, 0.05) is 17.6 Å². The average Bonchev–Trinajstić information content (AvgIpc) is 2.56. The van der Waals surface area contributed by atoms with Gasteiger partial charge >= 0.3 is 0 Å². The summed E-state index contributed by atoms with van der Waals surface area (Å²) in [4.78, 5) is 2.54. The van der Waals surface area contributed by atoms with Crippen LogP contribution in [0.1, 0.15) is 25.3 Å². The van der Waals surface area contributed by atoms with Crippen LogP contribution in [0.4, 0.5) is 0 Å². The maximum Gasteiger partial charge on any atom is 0.161 e. The van der Waals surface area contributed by atoms with E-state index >= 15 is 0 Å². The normalized spacial score (nSPS) is 19.2. The van der Waals surface area contributed by atoms with Crippen molar-refractivity contribution in [2.24, 2.45) is 5.92 Å². The van der Waals surface area contributed by atoms with Crippen molar-refractivity contribution in [2.75, 3.05) is 40.4 Å². The predicted octanol–water partition coefficient (Wildman–Crippen LogP) is 3.29. The Morgan fingerprint density at radius 3 is 2.68 bits per heavy atom. The van der Waals surface area contributed by atoms with E-state index in [1.165, 1.54) is 31.5 Å². The third-order valence-corrected chi connectivity index (χ3v) is 5.09. The van der Waals surface area contributed by atoms with Gasteiger partial charge in [-0.25, -0.2) is 0 Å². The van der Waals surface area contributed by atoms with E-state index in [9.17, 15) is 0 Å². The Balaban J connectivity index is 1.88. The molecule has 1 aromatic carbocycles. The number of nitrogens with one attached hydrogen (secondary N) is 1. The van der Waals surface area contributed by atoms with Gasteiger partial charge in [-0.05, 0) is 56.1 Å². The summed E-state index contributed by atoms with van der Waals surface area (Å²) < 4.78 is 11.7. The van der Waals surface area contributed by atoms with Gasteiger partial charge < -0.3 is 19.7 Å². The molecule has 4 nitrogen and oxygen atoms in total. The largest absolute Gasteiger partial charge is 0.493 e. The van der Waals surface area contributed by atoms with Crippen LogP contribution in [-0.4, -0.2) is 45.3 Å². The number of benzene rings is 1. The van der Waals surface area contributed by atoms with Gasteiger partial charge in [0.15, 0.2) is 11.5 Å². The highest BCUT2D eigenvalue weighted by Gasteiger charge is 2.18. The number of hydrogen-bond donors (Lipinski definition) is 1. The molecule has 5 heteroatoms. The molecule has 0 amide bonds. The van der Waals surface area contributed by atoms with Crippen molar-refractivity contribution in [3.8, 4) is 11.5 Å². The van der Waals surface area contributed by atoms with Crippen LogP contribution in [0.5, 0.6) is 11.5 Å². The zero-order valence-corrected chi connectivity index (χ0v) is 15.4. The second kappa shape index (κ2) is 8.75. The van der Waals surface area contributed by atoms with Crippen LogP contribution >= 0.6 is 15.9 Å². The van der Waals surface area contributed by atoms with Gasteiger partial charge in [-0.1, -0.05) is 22.9 Å². The lowest BCUT2D eigenvalue weighted by molar-refractivity contribution is 0.180. The number of likely N-dealkylation sites (tertiary alicyclic amines) is 1. The summed E-state index contributed by atoms with van der Waals surface area (Å²) in [6.07, 6.45) is 2.65. The number of methoxy groups -OCH3 is 2. The van der Waals surface area contributed by atoms with Gasteiger partial charge in [-0.15, -0.1) is 0 Å². The molecule has 0 aliphatic carbocycles. The van der Waals surface area contributed by atoms with Crippen LogP contribution in [-0.2, 0) is 6.54 Å². The Kier molecular flexibility index (Phi) is 6.99. The molecule has 124 valence electrons. The quantitative estimate of drug-likeness (QED) is 0.798. The van der Waals surface area contributed by atoms with E-state index < -0.39 is 0 Å². The van der Waals surface area contributed by atoms with Gasteiger partial charge in [0.2, 0.25) is 0 Å². The third kappa shape index (κ3) is 4.61. The highest BCUT2D eigenvalue weighted by molar-refractivity contribution is 9.10. The maximum absolute atomic E-state index is 5.38. The molecule has 0 saturated carbocycles. The lowest BCUT2D eigenvalue weighted by Crippen LogP contribution is -2.39. The lowest BCUT2D eigenvalue weighted by Gasteiger charge is -2.32. The van der Waals surface area contributed by atoms with Crippen LogP contribution < -0.4 is 14.8 Å². The summed E-state index contributed by atoms with van der Waals surface area (Å²) in [5, 5.41) is 3.59. The van der Waals surface area contributed by atoms with Crippen LogP contribution in [0.25, 0.3) is 0 Å². The third-order valence-electron chi connectivity index (χ3n) is 4.35. The van der Waals surface area contributed by atoms with Gasteiger partial charge in [-0.2, -0.15) is 0 Å². The van der Waals surface area contributed by atoms with E-state index in [0.717, 1.165) is 41.5 Å². The minimum absolute atomic E-state index is 0.754. The molecule has 1 fully saturated rings. The van der Waals surface area contributed by atoms with Crippen molar-refractivity contribution in [2.45, 2.75) is 26.3 Å². The first-order valence-corrected chi connectivity index (χ1v) is 8.80. The highest BCUT2D eigenvalue weighted by Crippen LogP contribution is 2.33. The summed E-state index contributed by atoms with van der Waals surface area (Å²) in [5.41, 5.74) is 1.20. The number of piperidine rings is 1. The Hall–Kier alpha value is -0.780. The Morgan fingerprint density at radius 2 is 2.00 bits per heavy atom. The molecular formula is C17H27BrN2O2. The SMILES string of the molecule is CCN1CCCC(CNCc2cc(OC)c(OC)cc2Br)C1. The first kappa shape index (κ1) is 17.6. The fourth-order valence-electron chi connectivity index (χ4n) is 3.05. The molecule has 1 heterocycles. The first-order valence-electron chi connectivity index (χ1n) is 8.01. The first-order chi connectivity index (χ1) is 10.7. The summed E-state index contributed by atoms with van der Waals surface area (Å²) in [7, 11) is 3.33. The second-order valence-corrected chi connectivity index (χ2v) is 6.69. The van der Waals surface area contributed by atoms with E-state index in [-0.39, 0.29) is 0 Å². The van der Waals surface area contributed by atoms with Crippen molar-refractivity contribution in [1.29, 1.82) is 0 Å². The number of ether oxygens (including phenoxy) is 2. The second-order valence-electron chi connectivity index (χ2n) is 5.83. The molecule has 2 rings (SSSR count). The van der Waals surface area contributed by atoms with Gasteiger partial charge in [0.25, 0.3) is 0 Å². The molecule has 1 N–H and O–H groups in total. The molecule has 0 spiro atoms. The molecule has 1 saturated heterocycles.